The zero-order chi connectivity index (χ0) is 18.2. The van der Waals surface area contributed by atoms with E-state index in [1.54, 1.807) is 0 Å². The van der Waals surface area contributed by atoms with Crippen LogP contribution in [0.2, 0.25) is 0 Å². The van der Waals surface area contributed by atoms with Crippen molar-refractivity contribution in [2.24, 2.45) is 4.99 Å². The smallest absolute Gasteiger partial charge is 0.191 e. The number of nitrogens with zero attached hydrogens (tertiary/aromatic N) is 3. The van der Waals surface area contributed by atoms with Crippen molar-refractivity contribution in [3.8, 4) is 0 Å². The molecular weight excluding hydrogens is 453 g/mol. The van der Waals surface area contributed by atoms with E-state index < -0.39 is 0 Å². The maximum atomic E-state index is 5.82. The molecule has 3 rings (SSSR count). The first-order chi connectivity index (χ1) is 12.8. The van der Waals surface area contributed by atoms with Crippen molar-refractivity contribution in [2.45, 2.75) is 25.0 Å². The minimum Gasteiger partial charge on any atom is -0.374 e. The molecule has 2 aliphatic rings. The fraction of sp³-hybridized carbons (Fsp3) is 0.650. The lowest BCUT2D eigenvalue weighted by atomic mass is 10.1. The van der Waals surface area contributed by atoms with Gasteiger partial charge in [0, 0.05) is 33.2 Å². The van der Waals surface area contributed by atoms with E-state index in [4.69, 9.17) is 4.74 Å². The summed E-state index contributed by atoms with van der Waals surface area (Å²) < 4.78 is 5.82. The van der Waals surface area contributed by atoms with Gasteiger partial charge in [-0.15, -0.1) is 24.0 Å². The van der Waals surface area contributed by atoms with Gasteiger partial charge >= 0.3 is 0 Å². The van der Waals surface area contributed by atoms with E-state index in [9.17, 15) is 0 Å². The molecule has 0 aliphatic carbocycles. The third kappa shape index (κ3) is 6.89. The zero-order valence-electron chi connectivity index (χ0n) is 16.6. The zero-order valence-corrected chi connectivity index (χ0v) is 18.9. The molecule has 1 aromatic rings. The van der Waals surface area contributed by atoms with Gasteiger partial charge in [0.15, 0.2) is 5.96 Å². The fourth-order valence-corrected chi connectivity index (χ4v) is 3.80. The van der Waals surface area contributed by atoms with Crippen molar-refractivity contribution in [1.82, 2.24) is 20.4 Å². The Kier molecular flexibility index (Phi) is 9.81. The van der Waals surface area contributed by atoms with Crippen molar-refractivity contribution >= 4 is 29.9 Å². The van der Waals surface area contributed by atoms with Crippen LogP contribution in [0.15, 0.2) is 35.3 Å². The van der Waals surface area contributed by atoms with E-state index in [0.29, 0.717) is 6.04 Å². The number of benzene rings is 1. The largest absolute Gasteiger partial charge is 0.374 e. The SMILES string of the molecule is CN=C(NCC1CN(C)CCO1)NCC(c1ccccc1)N1CCCC1.I. The van der Waals surface area contributed by atoms with Crippen LogP contribution in [0.3, 0.4) is 0 Å². The van der Waals surface area contributed by atoms with Crippen molar-refractivity contribution in [3.05, 3.63) is 35.9 Å². The van der Waals surface area contributed by atoms with Crippen LogP contribution in [0.5, 0.6) is 0 Å². The fourth-order valence-electron chi connectivity index (χ4n) is 3.80. The van der Waals surface area contributed by atoms with Gasteiger partial charge in [-0.3, -0.25) is 9.89 Å². The van der Waals surface area contributed by atoms with Gasteiger partial charge in [0.25, 0.3) is 0 Å². The Bertz CT molecular complexity index is 565. The predicted octanol–water partition coefficient (Wildman–Crippen LogP) is 1.94. The van der Waals surface area contributed by atoms with Crippen LogP contribution >= 0.6 is 24.0 Å². The Hall–Kier alpha value is -0.900. The topological polar surface area (TPSA) is 52.1 Å². The number of morpholine rings is 1. The van der Waals surface area contributed by atoms with Crippen LogP contribution in [0.25, 0.3) is 0 Å². The van der Waals surface area contributed by atoms with E-state index in [2.05, 4.69) is 62.8 Å². The van der Waals surface area contributed by atoms with Crippen LogP contribution in [0, 0.1) is 0 Å². The molecule has 2 atom stereocenters. The lowest BCUT2D eigenvalue weighted by Crippen LogP contribution is -2.49. The monoisotopic (exact) mass is 487 g/mol. The molecule has 7 heteroatoms. The van der Waals surface area contributed by atoms with E-state index in [1.165, 1.54) is 31.5 Å². The lowest BCUT2D eigenvalue weighted by molar-refractivity contribution is -0.0161. The highest BCUT2D eigenvalue weighted by Gasteiger charge is 2.24. The first kappa shape index (κ1) is 22.4. The Morgan fingerprint density at radius 1 is 1.19 bits per heavy atom. The van der Waals surface area contributed by atoms with Gasteiger partial charge in [-0.05, 0) is 38.5 Å². The Labute approximate surface area is 180 Å². The minimum atomic E-state index is 0. The molecule has 0 radical (unpaired) electrons. The standard InChI is InChI=1S/C20H33N5O.HI/c1-21-20(22-14-18-16-24(2)12-13-26-18)23-15-19(25-10-6-7-11-25)17-8-4-3-5-9-17;/h3-5,8-9,18-19H,6-7,10-16H2,1-2H3,(H2,21,22,23);1H. The third-order valence-electron chi connectivity index (χ3n) is 5.29. The first-order valence-electron chi connectivity index (χ1n) is 9.80. The molecule has 2 saturated heterocycles. The second-order valence-electron chi connectivity index (χ2n) is 7.26. The van der Waals surface area contributed by atoms with Gasteiger partial charge in [0.05, 0.1) is 18.8 Å². The number of hydrogen-bond donors (Lipinski definition) is 2. The van der Waals surface area contributed by atoms with Crippen LogP contribution in [0.4, 0.5) is 0 Å². The molecule has 0 bridgehead atoms. The number of ether oxygens (including phenoxy) is 1. The van der Waals surface area contributed by atoms with Crippen LogP contribution < -0.4 is 10.6 Å². The highest BCUT2D eigenvalue weighted by atomic mass is 127. The summed E-state index contributed by atoms with van der Waals surface area (Å²) >= 11 is 0. The average molecular weight is 487 g/mol. The highest BCUT2D eigenvalue weighted by molar-refractivity contribution is 14.0. The summed E-state index contributed by atoms with van der Waals surface area (Å²) in [6.07, 6.45) is 2.81. The molecule has 0 amide bonds. The molecule has 2 unspecified atom stereocenters. The van der Waals surface area contributed by atoms with E-state index in [1.807, 2.05) is 7.05 Å². The summed E-state index contributed by atoms with van der Waals surface area (Å²) in [7, 11) is 3.97. The molecule has 2 fully saturated rings. The summed E-state index contributed by atoms with van der Waals surface area (Å²) in [4.78, 5) is 9.28. The quantitative estimate of drug-likeness (QED) is 0.365. The van der Waals surface area contributed by atoms with Crippen LogP contribution in [-0.4, -0.2) is 81.8 Å². The summed E-state index contributed by atoms with van der Waals surface area (Å²) in [6.45, 7) is 6.77. The summed E-state index contributed by atoms with van der Waals surface area (Å²) in [6, 6.07) is 11.2. The van der Waals surface area contributed by atoms with Crippen LogP contribution in [-0.2, 0) is 4.74 Å². The summed E-state index contributed by atoms with van der Waals surface area (Å²) in [5.41, 5.74) is 1.37. The number of likely N-dealkylation sites (tertiary alicyclic amines) is 1. The van der Waals surface area contributed by atoms with Gasteiger partial charge in [-0.25, -0.2) is 0 Å². The molecule has 0 spiro atoms. The number of likely N-dealkylation sites (N-methyl/N-ethyl adjacent to an activating group) is 1. The molecule has 27 heavy (non-hydrogen) atoms. The molecule has 1 aromatic carbocycles. The number of hydrogen-bond acceptors (Lipinski definition) is 4. The van der Waals surface area contributed by atoms with Crippen molar-refractivity contribution < 1.29 is 4.74 Å². The molecular formula is C20H34IN5O. The van der Waals surface area contributed by atoms with Gasteiger partial charge in [-0.1, -0.05) is 30.3 Å². The van der Waals surface area contributed by atoms with Crippen LogP contribution in [0.1, 0.15) is 24.4 Å². The number of nitrogens with one attached hydrogen (secondary N) is 2. The normalized spacial score (nSPS) is 22.9. The maximum Gasteiger partial charge on any atom is 0.191 e. The first-order valence-corrected chi connectivity index (χ1v) is 9.80. The molecule has 0 aromatic heterocycles. The van der Waals surface area contributed by atoms with Crippen molar-refractivity contribution in [3.63, 3.8) is 0 Å². The second kappa shape index (κ2) is 11.8. The molecule has 2 aliphatic heterocycles. The highest BCUT2D eigenvalue weighted by Crippen LogP contribution is 2.24. The molecule has 2 N–H and O–H groups in total. The Morgan fingerprint density at radius 3 is 2.59 bits per heavy atom. The number of guanidine groups is 1. The van der Waals surface area contributed by atoms with Gasteiger partial charge in [0.1, 0.15) is 0 Å². The maximum absolute atomic E-state index is 5.82. The molecule has 0 saturated carbocycles. The second-order valence-corrected chi connectivity index (χ2v) is 7.26. The van der Waals surface area contributed by atoms with E-state index in [-0.39, 0.29) is 30.1 Å². The molecule has 152 valence electrons. The van der Waals surface area contributed by atoms with E-state index in [0.717, 1.165) is 38.7 Å². The van der Waals surface area contributed by atoms with Crippen molar-refractivity contribution in [2.75, 3.05) is 60.0 Å². The Balaban J connectivity index is 0.00000261. The van der Waals surface area contributed by atoms with E-state index >= 15 is 0 Å². The number of aliphatic imine (C=N–C) groups is 1. The summed E-state index contributed by atoms with van der Waals surface area (Å²) in [5, 5.41) is 6.95. The van der Waals surface area contributed by atoms with Crippen molar-refractivity contribution in [1.29, 1.82) is 0 Å². The minimum absolute atomic E-state index is 0. The predicted molar refractivity (Wildman–Crippen MR) is 122 cm³/mol. The lowest BCUT2D eigenvalue weighted by Gasteiger charge is -2.31. The number of halogens is 1. The van der Waals surface area contributed by atoms with Gasteiger partial charge in [-0.2, -0.15) is 0 Å². The van der Waals surface area contributed by atoms with Gasteiger partial charge < -0.3 is 20.3 Å². The molecule has 2 heterocycles. The Morgan fingerprint density at radius 2 is 1.93 bits per heavy atom. The molecule has 6 nitrogen and oxygen atoms in total. The number of rotatable bonds is 6. The average Bonchev–Trinajstić information content (AvgIpc) is 3.20. The van der Waals surface area contributed by atoms with Gasteiger partial charge in [0.2, 0.25) is 0 Å². The third-order valence-corrected chi connectivity index (χ3v) is 5.29. The summed E-state index contributed by atoms with van der Waals surface area (Å²) in [5.74, 6) is 0.849.